The van der Waals surface area contributed by atoms with Crippen LogP contribution >= 0.6 is 15.9 Å². The summed E-state index contributed by atoms with van der Waals surface area (Å²) in [6, 6.07) is 12.1. The predicted molar refractivity (Wildman–Crippen MR) is 74.2 cm³/mol. The number of nitrogens with zero attached hydrogens (tertiary/aromatic N) is 1. The minimum Gasteiger partial charge on any atom is -0.192 e. The Bertz CT molecular complexity index is 672. The van der Waals surface area contributed by atoms with Gasteiger partial charge in [0.25, 0.3) is 0 Å². The van der Waals surface area contributed by atoms with Crippen LogP contribution in [-0.4, -0.2) is 0 Å². The summed E-state index contributed by atoms with van der Waals surface area (Å²) in [6.45, 7) is 0. The van der Waals surface area contributed by atoms with Crippen LogP contribution in [0.5, 0.6) is 0 Å². The smallest absolute Gasteiger partial charge is 0.192 e. The van der Waals surface area contributed by atoms with Crippen molar-refractivity contribution >= 4 is 15.9 Å². The highest BCUT2D eigenvalue weighted by molar-refractivity contribution is 9.08. The van der Waals surface area contributed by atoms with Gasteiger partial charge in [0, 0.05) is 5.33 Å². The van der Waals surface area contributed by atoms with Crippen molar-refractivity contribution in [3.8, 4) is 17.2 Å². The van der Waals surface area contributed by atoms with Gasteiger partial charge in [0.15, 0.2) is 0 Å². The van der Waals surface area contributed by atoms with Gasteiger partial charge >= 0.3 is 6.18 Å². The second-order valence-corrected chi connectivity index (χ2v) is 4.72. The lowest BCUT2D eigenvalue weighted by atomic mass is 9.96. The molecular formula is C15H9BrF3N. The Morgan fingerprint density at radius 1 is 1.10 bits per heavy atom. The van der Waals surface area contributed by atoms with E-state index in [2.05, 4.69) is 15.9 Å². The maximum Gasteiger partial charge on any atom is 0.417 e. The fourth-order valence-corrected chi connectivity index (χ4v) is 2.44. The molecule has 2 aromatic rings. The molecule has 0 bridgehead atoms. The van der Waals surface area contributed by atoms with Gasteiger partial charge in [0.1, 0.15) is 0 Å². The number of alkyl halides is 4. The Morgan fingerprint density at radius 3 is 2.40 bits per heavy atom. The Morgan fingerprint density at radius 2 is 1.80 bits per heavy atom. The zero-order valence-corrected chi connectivity index (χ0v) is 11.8. The van der Waals surface area contributed by atoms with Gasteiger partial charge in [-0.25, -0.2) is 0 Å². The molecule has 0 aromatic heterocycles. The van der Waals surface area contributed by atoms with Gasteiger partial charge in [0.05, 0.1) is 17.2 Å². The lowest BCUT2D eigenvalue weighted by molar-refractivity contribution is -0.137. The molecule has 1 nitrogen and oxygen atoms in total. The molecule has 2 rings (SSSR count). The molecule has 0 atom stereocenters. The van der Waals surface area contributed by atoms with E-state index in [9.17, 15) is 13.2 Å². The van der Waals surface area contributed by atoms with E-state index in [4.69, 9.17) is 5.26 Å². The molecule has 0 unspecified atom stereocenters. The minimum absolute atomic E-state index is 0.0811. The van der Waals surface area contributed by atoms with Crippen LogP contribution in [0.4, 0.5) is 13.2 Å². The van der Waals surface area contributed by atoms with Crippen LogP contribution in [-0.2, 0) is 11.5 Å². The van der Waals surface area contributed by atoms with Crippen molar-refractivity contribution in [3.63, 3.8) is 0 Å². The van der Waals surface area contributed by atoms with Gasteiger partial charge in [-0.1, -0.05) is 46.3 Å². The van der Waals surface area contributed by atoms with Crippen molar-refractivity contribution in [3.05, 3.63) is 59.2 Å². The van der Waals surface area contributed by atoms with Gasteiger partial charge in [-0.15, -0.1) is 0 Å². The van der Waals surface area contributed by atoms with Crippen molar-refractivity contribution in [2.45, 2.75) is 11.5 Å². The molecule has 102 valence electrons. The van der Waals surface area contributed by atoms with E-state index in [1.54, 1.807) is 18.2 Å². The first kappa shape index (κ1) is 14.6. The summed E-state index contributed by atoms with van der Waals surface area (Å²) in [5.74, 6) is 0. The topological polar surface area (TPSA) is 23.8 Å². The first-order chi connectivity index (χ1) is 9.47. The normalized spacial score (nSPS) is 11.2. The fraction of sp³-hybridized carbons (Fsp3) is 0.133. The average Bonchev–Trinajstić information content (AvgIpc) is 2.45. The monoisotopic (exact) mass is 339 g/mol. The van der Waals surface area contributed by atoms with E-state index in [1.165, 1.54) is 18.2 Å². The quantitative estimate of drug-likeness (QED) is 0.695. The summed E-state index contributed by atoms with van der Waals surface area (Å²) in [5.41, 5.74) is 0.893. The number of rotatable bonds is 2. The highest BCUT2D eigenvalue weighted by atomic mass is 79.9. The van der Waals surface area contributed by atoms with Crippen LogP contribution in [0.1, 0.15) is 16.7 Å². The number of benzene rings is 2. The first-order valence-electron chi connectivity index (χ1n) is 5.73. The molecule has 20 heavy (non-hydrogen) atoms. The zero-order chi connectivity index (χ0) is 14.8. The van der Waals surface area contributed by atoms with Gasteiger partial charge in [0.2, 0.25) is 0 Å². The van der Waals surface area contributed by atoms with E-state index in [-0.39, 0.29) is 5.56 Å². The summed E-state index contributed by atoms with van der Waals surface area (Å²) in [7, 11) is 0. The van der Waals surface area contributed by atoms with Crippen LogP contribution in [0.2, 0.25) is 0 Å². The lowest BCUT2D eigenvalue weighted by Gasteiger charge is -2.13. The lowest BCUT2D eigenvalue weighted by Crippen LogP contribution is -2.07. The average molecular weight is 340 g/mol. The highest BCUT2D eigenvalue weighted by Gasteiger charge is 2.33. The van der Waals surface area contributed by atoms with Crippen LogP contribution in [0.25, 0.3) is 11.1 Å². The highest BCUT2D eigenvalue weighted by Crippen LogP contribution is 2.37. The molecule has 5 heteroatoms. The molecule has 0 radical (unpaired) electrons. The molecule has 0 aliphatic heterocycles. The number of hydrogen-bond acceptors (Lipinski definition) is 1. The third-order valence-corrected chi connectivity index (χ3v) is 3.52. The van der Waals surface area contributed by atoms with E-state index >= 15 is 0 Å². The zero-order valence-electron chi connectivity index (χ0n) is 10.2. The standard InChI is InChI=1S/C15H9BrF3N/c16-8-11-6-5-10(7-12(11)9-20)13-3-1-2-4-14(13)15(17,18)19/h1-7H,8H2. The molecule has 0 N–H and O–H groups in total. The molecule has 0 saturated heterocycles. The second kappa shape index (κ2) is 5.68. The Balaban J connectivity index is 2.62. The van der Waals surface area contributed by atoms with Crippen LogP contribution in [0.15, 0.2) is 42.5 Å². The maximum absolute atomic E-state index is 13.0. The Hall–Kier alpha value is -1.80. The largest absolute Gasteiger partial charge is 0.417 e. The van der Waals surface area contributed by atoms with Crippen LogP contribution in [0, 0.1) is 11.3 Å². The molecule has 0 spiro atoms. The predicted octanol–water partition coefficient (Wildman–Crippen LogP) is 5.14. The Labute approximate surface area is 122 Å². The van der Waals surface area contributed by atoms with E-state index in [1.807, 2.05) is 6.07 Å². The summed E-state index contributed by atoms with van der Waals surface area (Å²) >= 11 is 3.25. The van der Waals surface area contributed by atoms with Gasteiger partial charge < -0.3 is 0 Å². The van der Waals surface area contributed by atoms with Crippen molar-refractivity contribution < 1.29 is 13.2 Å². The number of hydrogen-bond donors (Lipinski definition) is 0. The maximum atomic E-state index is 13.0. The van der Waals surface area contributed by atoms with Gasteiger partial charge in [-0.3, -0.25) is 0 Å². The van der Waals surface area contributed by atoms with Crippen molar-refractivity contribution in [2.24, 2.45) is 0 Å². The Kier molecular flexibility index (Phi) is 4.15. The van der Waals surface area contributed by atoms with Crippen molar-refractivity contribution in [1.82, 2.24) is 0 Å². The van der Waals surface area contributed by atoms with Gasteiger partial charge in [-0.05, 0) is 28.8 Å². The van der Waals surface area contributed by atoms with Gasteiger partial charge in [-0.2, -0.15) is 18.4 Å². The summed E-state index contributed by atoms with van der Waals surface area (Å²) < 4.78 is 39.0. The van der Waals surface area contributed by atoms with E-state index < -0.39 is 11.7 Å². The van der Waals surface area contributed by atoms with E-state index in [0.29, 0.717) is 16.5 Å². The molecule has 2 aromatic carbocycles. The summed E-state index contributed by atoms with van der Waals surface area (Å²) in [5, 5.41) is 9.54. The third-order valence-electron chi connectivity index (χ3n) is 2.92. The fourth-order valence-electron chi connectivity index (χ4n) is 1.95. The van der Waals surface area contributed by atoms with Crippen LogP contribution < -0.4 is 0 Å². The summed E-state index contributed by atoms with van der Waals surface area (Å²) in [6.07, 6.45) is -4.42. The number of nitriles is 1. The number of halogens is 4. The third kappa shape index (κ3) is 2.86. The summed E-state index contributed by atoms with van der Waals surface area (Å²) in [4.78, 5) is 0. The first-order valence-corrected chi connectivity index (χ1v) is 6.85. The van der Waals surface area contributed by atoms with E-state index in [0.717, 1.165) is 11.6 Å². The molecule has 0 aliphatic rings. The van der Waals surface area contributed by atoms with Crippen molar-refractivity contribution in [1.29, 1.82) is 5.26 Å². The van der Waals surface area contributed by atoms with Crippen LogP contribution in [0.3, 0.4) is 0 Å². The molecule has 0 fully saturated rings. The SMILES string of the molecule is N#Cc1cc(-c2ccccc2C(F)(F)F)ccc1CBr. The molecule has 0 aliphatic carbocycles. The molecule has 0 saturated carbocycles. The molecule has 0 amide bonds. The van der Waals surface area contributed by atoms with Crippen molar-refractivity contribution in [2.75, 3.05) is 0 Å². The molecular weight excluding hydrogens is 331 g/mol. The minimum atomic E-state index is -4.42. The second-order valence-electron chi connectivity index (χ2n) is 4.16. The molecule has 0 heterocycles.